The predicted octanol–water partition coefficient (Wildman–Crippen LogP) is 5.62. The standard InChI is InChI=1S/C26H25NO5/c1-17(2)11-14-20-22(31-3)16-19(13-12-18-8-5-4-6-9-18)23(25(28)29)24(20)32-26(30)21-10-7-15-27-21/h4-10,12-13,15-16,27H,1,11,14H2,2-3H3,(H,28,29)/b13-12+. The maximum absolute atomic E-state index is 12.7. The zero-order chi connectivity index (χ0) is 23.1. The summed E-state index contributed by atoms with van der Waals surface area (Å²) in [6, 6.07) is 14.4. The van der Waals surface area contributed by atoms with Gasteiger partial charge in [0.25, 0.3) is 0 Å². The minimum Gasteiger partial charge on any atom is -0.496 e. The fraction of sp³-hybridized carbons (Fsp3) is 0.154. The van der Waals surface area contributed by atoms with Crippen molar-refractivity contribution in [3.8, 4) is 11.5 Å². The van der Waals surface area contributed by atoms with Crippen LogP contribution in [0, 0.1) is 0 Å². The van der Waals surface area contributed by atoms with Gasteiger partial charge >= 0.3 is 11.9 Å². The van der Waals surface area contributed by atoms with Crippen LogP contribution in [-0.2, 0) is 6.42 Å². The van der Waals surface area contributed by atoms with E-state index < -0.39 is 11.9 Å². The predicted molar refractivity (Wildman–Crippen MR) is 124 cm³/mol. The highest BCUT2D eigenvalue weighted by atomic mass is 16.5. The molecule has 0 radical (unpaired) electrons. The molecule has 0 bridgehead atoms. The molecule has 2 N–H and O–H groups in total. The highest BCUT2D eigenvalue weighted by molar-refractivity contribution is 5.99. The smallest absolute Gasteiger partial charge is 0.360 e. The number of carboxylic acids is 1. The number of hydrogen-bond acceptors (Lipinski definition) is 4. The molecule has 0 spiro atoms. The lowest BCUT2D eigenvalue weighted by atomic mass is 9.96. The van der Waals surface area contributed by atoms with Crippen molar-refractivity contribution in [3.63, 3.8) is 0 Å². The van der Waals surface area contributed by atoms with Crippen LogP contribution >= 0.6 is 0 Å². The van der Waals surface area contributed by atoms with Gasteiger partial charge in [-0.15, -0.1) is 6.58 Å². The van der Waals surface area contributed by atoms with Crippen molar-refractivity contribution in [1.82, 2.24) is 4.98 Å². The third-order valence-corrected chi connectivity index (χ3v) is 4.88. The maximum Gasteiger partial charge on any atom is 0.360 e. The summed E-state index contributed by atoms with van der Waals surface area (Å²) < 4.78 is 11.2. The van der Waals surface area contributed by atoms with E-state index in [1.807, 2.05) is 37.3 Å². The summed E-state index contributed by atoms with van der Waals surface area (Å²) in [7, 11) is 1.50. The maximum atomic E-state index is 12.7. The van der Waals surface area contributed by atoms with Crippen LogP contribution in [0.25, 0.3) is 12.2 Å². The molecule has 2 aromatic carbocycles. The number of aromatic nitrogens is 1. The number of hydrogen-bond donors (Lipinski definition) is 2. The van der Waals surface area contributed by atoms with Crippen molar-refractivity contribution in [1.29, 1.82) is 0 Å². The van der Waals surface area contributed by atoms with Gasteiger partial charge in [-0.3, -0.25) is 0 Å². The van der Waals surface area contributed by atoms with E-state index in [1.165, 1.54) is 7.11 Å². The number of aromatic amines is 1. The summed E-state index contributed by atoms with van der Waals surface area (Å²) in [5, 5.41) is 10.1. The Bertz CT molecular complexity index is 1140. The zero-order valence-corrected chi connectivity index (χ0v) is 18.1. The van der Waals surface area contributed by atoms with Gasteiger partial charge in [0.1, 0.15) is 17.0 Å². The lowest BCUT2D eigenvalue weighted by Crippen LogP contribution is -2.15. The highest BCUT2D eigenvalue weighted by Crippen LogP contribution is 2.38. The molecule has 0 saturated carbocycles. The molecular formula is C26H25NO5. The first-order chi connectivity index (χ1) is 15.4. The molecule has 6 nitrogen and oxygen atoms in total. The van der Waals surface area contributed by atoms with E-state index in [0.717, 1.165) is 11.1 Å². The molecule has 0 amide bonds. The largest absolute Gasteiger partial charge is 0.496 e. The van der Waals surface area contributed by atoms with Crippen LogP contribution in [-0.4, -0.2) is 29.1 Å². The quantitative estimate of drug-likeness (QED) is 0.199. The molecular weight excluding hydrogens is 406 g/mol. The van der Waals surface area contributed by atoms with Crippen LogP contribution in [0.1, 0.15) is 50.9 Å². The van der Waals surface area contributed by atoms with Crippen LogP contribution in [0.3, 0.4) is 0 Å². The van der Waals surface area contributed by atoms with E-state index in [1.54, 1.807) is 36.5 Å². The van der Waals surface area contributed by atoms with Gasteiger partial charge in [-0.1, -0.05) is 48.1 Å². The summed E-state index contributed by atoms with van der Waals surface area (Å²) >= 11 is 0. The third kappa shape index (κ3) is 5.35. The number of allylic oxidation sites excluding steroid dienone is 1. The lowest BCUT2D eigenvalue weighted by Gasteiger charge is -2.18. The van der Waals surface area contributed by atoms with Gasteiger partial charge in [0, 0.05) is 11.8 Å². The summed E-state index contributed by atoms with van der Waals surface area (Å²) in [5.74, 6) is -1.46. The molecule has 1 heterocycles. The normalized spacial score (nSPS) is 10.8. The molecule has 6 heteroatoms. The Hall–Kier alpha value is -4.06. The molecule has 0 unspecified atom stereocenters. The number of H-pyrrole nitrogens is 1. The number of carbonyl (C=O) groups is 2. The monoisotopic (exact) mass is 431 g/mol. The number of esters is 1. The first kappa shape index (κ1) is 22.6. The zero-order valence-electron chi connectivity index (χ0n) is 18.1. The Morgan fingerprint density at radius 3 is 2.47 bits per heavy atom. The Morgan fingerprint density at radius 1 is 1.12 bits per heavy atom. The number of nitrogens with one attached hydrogen (secondary N) is 1. The van der Waals surface area contributed by atoms with Gasteiger partial charge in [0.15, 0.2) is 5.75 Å². The number of rotatable bonds is 9. The van der Waals surface area contributed by atoms with Gasteiger partial charge < -0.3 is 19.6 Å². The van der Waals surface area contributed by atoms with Crippen molar-refractivity contribution in [2.24, 2.45) is 0 Å². The second kappa shape index (κ2) is 10.3. The Kier molecular flexibility index (Phi) is 7.29. The molecule has 0 atom stereocenters. The third-order valence-electron chi connectivity index (χ3n) is 4.88. The first-order valence-electron chi connectivity index (χ1n) is 10.1. The van der Waals surface area contributed by atoms with Crippen molar-refractivity contribution in [2.45, 2.75) is 19.8 Å². The number of benzene rings is 2. The first-order valence-corrected chi connectivity index (χ1v) is 10.1. The molecule has 0 aliphatic heterocycles. The van der Waals surface area contributed by atoms with Crippen molar-refractivity contribution in [3.05, 3.63) is 94.8 Å². The van der Waals surface area contributed by atoms with Gasteiger partial charge in [0.05, 0.1) is 7.11 Å². The molecule has 0 aliphatic rings. The molecule has 164 valence electrons. The topological polar surface area (TPSA) is 88.6 Å². The summed E-state index contributed by atoms with van der Waals surface area (Å²) in [4.78, 5) is 27.8. The molecule has 0 fully saturated rings. The molecule has 3 rings (SSSR count). The second-order valence-electron chi connectivity index (χ2n) is 7.33. The SMILES string of the molecule is C=C(C)CCc1c(OC)cc(/C=C/c2ccccc2)c(C(=O)O)c1OC(=O)c1ccc[nH]1. The summed E-state index contributed by atoms with van der Waals surface area (Å²) in [5.41, 5.74) is 2.81. The molecule has 1 aromatic heterocycles. The minimum absolute atomic E-state index is 0.0228. The number of methoxy groups -OCH3 is 1. The van der Waals surface area contributed by atoms with Crippen molar-refractivity contribution >= 4 is 24.1 Å². The van der Waals surface area contributed by atoms with Gasteiger partial charge in [-0.25, -0.2) is 9.59 Å². The van der Waals surface area contributed by atoms with Gasteiger partial charge in [-0.2, -0.15) is 0 Å². The van der Waals surface area contributed by atoms with Crippen LogP contribution in [0.15, 0.2) is 66.9 Å². The average Bonchev–Trinajstić information content (AvgIpc) is 3.32. The number of ether oxygens (including phenoxy) is 2. The van der Waals surface area contributed by atoms with E-state index in [-0.39, 0.29) is 17.0 Å². The van der Waals surface area contributed by atoms with E-state index in [0.29, 0.717) is 29.7 Å². The van der Waals surface area contributed by atoms with Crippen LogP contribution < -0.4 is 9.47 Å². The fourth-order valence-corrected chi connectivity index (χ4v) is 3.27. The minimum atomic E-state index is -1.20. The molecule has 0 aliphatic carbocycles. The number of aromatic carboxylic acids is 1. The van der Waals surface area contributed by atoms with E-state index in [2.05, 4.69) is 11.6 Å². The van der Waals surface area contributed by atoms with E-state index in [4.69, 9.17) is 9.47 Å². The Labute approximate surface area is 186 Å². The lowest BCUT2D eigenvalue weighted by molar-refractivity contribution is 0.0678. The van der Waals surface area contributed by atoms with Crippen LogP contribution in [0.2, 0.25) is 0 Å². The Morgan fingerprint density at radius 2 is 1.88 bits per heavy atom. The van der Waals surface area contributed by atoms with Crippen molar-refractivity contribution < 1.29 is 24.2 Å². The highest BCUT2D eigenvalue weighted by Gasteiger charge is 2.26. The van der Waals surface area contributed by atoms with E-state index >= 15 is 0 Å². The molecule has 32 heavy (non-hydrogen) atoms. The second-order valence-corrected chi connectivity index (χ2v) is 7.33. The van der Waals surface area contributed by atoms with Gasteiger partial charge in [-0.05, 0) is 49.1 Å². The average molecular weight is 431 g/mol. The summed E-state index contributed by atoms with van der Waals surface area (Å²) in [6.45, 7) is 5.80. The number of carbonyl (C=O) groups excluding carboxylic acids is 1. The van der Waals surface area contributed by atoms with Crippen LogP contribution in [0.4, 0.5) is 0 Å². The van der Waals surface area contributed by atoms with Crippen molar-refractivity contribution in [2.75, 3.05) is 7.11 Å². The molecule has 3 aromatic rings. The van der Waals surface area contributed by atoms with Gasteiger partial charge in [0.2, 0.25) is 0 Å². The van der Waals surface area contributed by atoms with E-state index in [9.17, 15) is 14.7 Å². The number of carboxylic acid groups (broad SMARTS) is 1. The Balaban J connectivity index is 2.17. The van der Waals surface area contributed by atoms with Crippen LogP contribution in [0.5, 0.6) is 11.5 Å². The molecule has 0 saturated heterocycles. The summed E-state index contributed by atoms with van der Waals surface area (Å²) in [6.07, 6.45) is 6.06. The fourth-order valence-electron chi connectivity index (χ4n) is 3.27.